The van der Waals surface area contributed by atoms with Gasteiger partial charge in [0.25, 0.3) is 0 Å². The number of nitrogens with zero attached hydrogens (tertiary/aromatic N) is 2. The first-order valence-electron chi connectivity index (χ1n) is 9.79. The number of carbonyl (C=O) groups is 1. The number of carbonyl (C=O) groups excluding carboxylic acids is 1. The number of methoxy groups -OCH3 is 1. The van der Waals surface area contributed by atoms with Crippen molar-refractivity contribution in [2.45, 2.75) is 13.5 Å². The van der Waals surface area contributed by atoms with E-state index in [9.17, 15) is 9.18 Å². The molecule has 0 saturated carbocycles. The van der Waals surface area contributed by atoms with Crippen LogP contribution >= 0.6 is 0 Å². The zero-order chi connectivity index (χ0) is 21.8. The molecule has 0 atom stereocenters. The predicted molar refractivity (Wildman–Crippen MR) is 114 cm³/mol. The highest BCUT2D eigenvalue weighted by Crippen LogP contribution is 2.29. The molecule has 6 nitrogen and oxygen atoms in total. The predicted octanol–water partition coefficient (Wildman–Crippen LogP) is 5.20. The fraction of sp³-hybridized carbons (Fsp3) is 0.167. The summed E-state index contributed by atoms with van der Waals surface area (Å²) in [5.74, 6) is 0.198. The zero-order valence-electron chi connectivity index (χ0n) is 17.2. The van der Waals surface area contributed by atoms with Crippen LogP contribution in [0.25, 0.3) is 11.0 Å². The highest BCUT2D eigenvalue weighted by Gasteiger charge is 2.16. The van der Waals surface area contributed by atoms with Crippen LogP contribution in [0.4, 0.5) is 4.39 Å². The first-order chi connectivity index (χ1) is 15.1. The molecule has 2 aromatic heterocycles. The first kappa shape index (κ1) is 20.4. The summed E-state index contributed by atoms with van der Waals surface area (Å²) in [5.41, 5.74) is 2.05. The normalized spacial score (nSPS) is 10.8. The van der Waals surface area contributed by atoms with Crippen molar-refractivity contribution in [3.05, 3.63) is 83.9 Å². The smallest absolute Gasteiger partial charge is 0.341 e. The van der Waals surface area contributed by atoms with Crippen LogP contribution in [0.15, 0.2) is 67.0 Å². The van der Waals surface area contributed by atoms with E-state index in [1.807, 2.05) is 41.1 Å². The van der Waals surface area contributed by atoms with E-state index in [4.69, 9.17) is 14.2 Å². The van der Waals surface area contributed by atoms with E-state index >= 15 is 0 Å². The third kappa shape index (κ3) is 4.50. The molecular formula is C24H21FN2O4. The van der Waals surface area contributed by atoms with Crippen molar-refractivity contribution in [1.82, 2.24) is 9.55 Å². The molecule has 0 saturated heterocycles. The monoisotopic (exact) mass is 420 g/mol. The van der Waals surface area contributed by atoms with Gasteiger partial charge in [-0.2, -0.15) is 0 Å². The number of ether oxygens (including phenoxy) is 3. The summed E-state index contributed by atoms with van der Waals surface area (Å²) in [6.45, 7) is 2.57. The molecule has 7 heteroatoms. The lowest BCUT2D eigenvalue weighted by Crippen LogP contribution is -2.07. The Labute approximate surface area is 178 Å². The maximum atomic E-state index is 13.8. The molecule has 2 aromatic carbocycles. The maximum Gasteiger partial charge on any atom is 0.341 e. The van der Waals surface area contributed by atoms with Crippen molar-refractivity contribution in [3.8, 4) is 17.2 Å². The van der Waals surface area contributed by atoms with Crippen molar-refractivity contribution >= 4 is 17.0 Å². The molecule has 0 amide bonds. The second-order valence-electron chi connectivity index (χ2n) is 6.84. The van der Waals surface area contributed by atoms with E-state index < -0.39 is 11.8 Å². The van der Waals surface area contributed by atoms with Crippen LogP contribution in [0, 0.1) is 5.82 Å². The second kappa shape index (κ2) is 8.87. The number of esters is 1. The minimum Gasteiger partial charge on any atom is -0.497 e. The molecule has 0 aliphatic carbocycles. The third-order valence-corrected chi connectivity index (χ3v) is 4.75. The number of halogens is 1. The summed E-state index contributed by atoms with van der Waals surface area (Å²) in [6, 6.07) is 15.3. The summed E-state index contributed by atoms with van der Waals surface area (Å²) in [6.07, 6.45) is 3.49. The molecule has 158 valence electrons. The Balaban J connectivity index is 1.58. The van der Waals surface area contributed by atoms with Crippen LogP contribution in [0.5, 0.6) is 17.2 Å². The van der Waals surface area contributed by atoms with Gasteiger partial charge in [0.05, 0.1) is 19.9 Å². The lowest BCUT2D eigenvalue weighted by Gasteiger charge is -2.11. The highest BCUT2D eigenvalue weighted by molar-refractivity contribution is 5.92. The van der Waals surface area contributed by atoms with Crippen LogP contribution in [0.3, 0.4) is 0 Å². The number of aromatic nitrogens is 2. The van der Waals surface area contributed by atoms with Crippen molar-refractivity contribution in [3.63, 3.8) is 0 Å². The van der Waals surface area contributed by atoms with Crippen LogP contribution in [-0.4, -0.2) is 29.2 Å². The summed E-state index contributed by atoms with van der Waals surface area (Å²) in [5, 5.41) is 0.861. The number of rotatable bonds is 7. The molecule has 31 heavy (non-hydrogen) atoms. The van der Waals surface area contributed by atoms with Crippen molar-refractivity contribution in [2.75, 3.05) is 13.7 Å². The Bertz CT molecular complexity index is 1220. The summed E-state index contributed by atoms with van der Waals surface area (Å²) in [4.78, 5) is 16.6. The van der Waals surface area contributed by atoms with E-state index in [1.165, 1.54) is 12.1 Å². The molecule has 0 radical (unpaired) electrons. The van der Waals surface area contributed by atoms with E-state index in [1.54, 1.807) is 26.3 Å². The lowest BCUT2D eigenvalue weighted by molar-refractivity contribution is 0.0523. The Kier molecular flexibility index (Phi) is 5.84. The molecule has 0 aliphatic rings. The molecule has 0 N–H and O–H groups in total. The van der Waals surface area contributed by atoms with Crippen LogP contribution < -0.4 is 9.47 Å². The van der Waals surface area contributed by atoms with E-state index in [-0.39, 0.29) is 17.9 Å². The third-order valence-electron chi connectivity index (χ3n) is 4.75. The molecule has 4 aromatic rings. The lowest BCUT2D eigenvalue weighted by atomic mass is 10.2. The molecule has 4 rings (SSSR count). The summed E-state index contributed by atoms with van der Waals surface area (Å²) < 4.78 is 31.8. The molecule has 0 aliphatic heterocycles. The number of benzene rings is 2. The maximum absolute atomic E-state index is 13.8. The number of hydrogen-bond donors (Lipinski definition) is 0. The average molecular weight is 420 g/mol. The van der Waals surface area contributed by atoms with Gasteiger partial charge in [0.2, 0.25) is 0 Å². The first-order valence-corrected chi connectivity index (χ1v) is 9.79. The average Bonchev–Trinajstić information content (AvgIpc) is 3.16. The van der Waals surface area contributed by atoms with Gasteiger partial charge in [-0.15, -0.1) is 0 Å². The van der Waals surface area contributed by atoms with Gasteiger partial charge in [0.1, 0.15) is 34.3 Å². The van der Waals surface area contributed by atoms with Gasteiger partial charge in [-0.05, 0) is 48.9 Å². The Hall–Kier alpha value is -3.87. The number of hydrogen-bond acceptors (Lipinski definition) is 5. The fourth-order valence-corrected chi connectivity index (χ4v) is 3.25. The minimum absolute atomic E-state index is 0.0808. The molecular weight excluding hydrogens is 399 g/mol. The van der Waals surface area contributed by atoms with Crippen molar-refractivity contribution in [1.29, 1.82) is 0 Å². The second-order valence-corrected chi connectivity index (χ2v) is 6.84. The van der Waals surface area contributed by atoms with Gasteiger partial charge in [-0.1, -0.05) is 12.1 Å². The quantitative estimate of drug-likeness (QED) is 0.385. The number of pyridine rings is 1. The molecule has 0 bridgehead atoms. The van der Waals surface area contributed by atoms with Gasteiger partial charge in [0.15, 0.2) is 0 Å². The van der Waals surface area contributed by atoms with Crippen LogP contribution in [-0.2, 0) is 11.3 Å². The van der Waals surface area contributed by atoms with Gasteiger partial charge < -0.3 is 18.8 Å². The van der Waals surface area contributed by atoms with Gasteiger partial charge in [0, 0.05) is 24.2 Å². The Morgan fingerprint density at radius 1 is 1.06 bits per heavy atom. The summed E-state index contributed by atoms with van der Waals surface area (Å²) >= 11 is 0. The van der Waals surface area contributed by atoms with Crippen LogP contribution in [0.1, 0.15) is 22.8 Å². The van der Waals surface area contributed by atoms with Gasteiger partial charge >= 0.3 is 5.97 Å². The van der Waals surface area contributed by atoms with E-state index in [0.717, 1.165) is 28.4 Å². The molecule has 0 spiro atoms. The van der Waals surface area contributed by atoms with Crippen molar-refractivity contribution in [2.24, 2.45) is 0 Å². The molecule has 0 fully saturated rings. The topological polar surface area (TPSA) is 62.6 Å². The standard InChI is InChI=1S/C24H21FN2O4/c1-3-30-24(28)21-9-6-18(25)13-22(21)31-20-12-17-10-11-27(23(17)26-14-20)15-16-4-7-19(29-2)8-5-16/h4-14H,3,15H2,1-2H3. The molecule has 2 heterocycles. The number of fused-ring (bicyclic) bond motifs is 1. The summed E-state index contributed by atoms with van der Waals surface area (Å²) in [7, 11) is 1.64. The van der Waals surface area contributed by atoms with E-state index in [2.05, 4.69) is 4.98 Å². The minimum atomic E-state index is -0.572. The van der Waals surface area contributed by atoms with E-state index in [0.29, 0.717) is 12.3 Å². The Morgan fingerprint density at radius 3 is 2.61 bits per heavy atom. The highest BCUT2D eigenvalue weighted by atomic mass is 19.1. The van der Waals surface area contributed by atoms with Crippen molar-refractivity contribution < 1.29 is 23.4 Å². The fourth-order valence-electron chi connectivity index (χ4n) is 3.25. The Morgan fingerprint density at radius 2 is 1.87 bits per heavy atom. The van der Waals surface area contributed by atoms with Gasteiger partial charge in [-0.3, -0.25) is 0 Å². The van der Waals surface area contributed by atoms with Crippen LogP contribution in [0.2, 0.25) is 0 Å². The molecule has 0 unspecified atom stereocenters. The van der Waals surface area contributed by atoms with Gasteiger partial charge in [-0.25, -0.2) is 14.2 Å². The SMILES string of the molecule is CCOC(=O)c1ccc(F)cc1Oc1cnc2c(ccn2Cc2ccc(OC)cc2)c1. The zero-order valence-corrected chi connectivity index (χ0v) is 17.2. The largest absolute Gasteiger partial charge is 0.497 e.